The van der Waals surface area contributed by atoms with E-state index in [4.69, 9.17) is 23.2 Å². The highest BCUT2D eigenvalue weighted by Crippen LogP contribution is 2.38. The van der Waals surface area contributed by atoms with Gasteiger partial charge in [0.25, 0.3) is 5.91 Å². The van der Waals surface area contributed by atoms with Crippen LogP contribution < -0.4 is 5.32 Å². The second kappa shape index (κ2) is 6.62. The molecule has 1 aliphatic carbocycles. The third kappa shape index (κ3) is 3.84. The number of carbonyl (C=O) groups is 1. The molecule has 1 fully saturated rings. The smallest absolute Gasteiger partial charge is 0.349 e. The van der Waals surface area contributed by atoms with Crippen molar-refractivity contribution in [3.8, 4) is 0 Å². The van der Waals surface area contributed by atoms with Crippen molar-refractivity contribution in [3.05, 3.63) is 33.6 Å². The zero-order valence-corrected chi connectivity index (χ0v) is 12.8. The quantitative estimate of drug-likeness (QED) is 0.586. The monoisotopic (exact) mass is 357 g/mol. The number of nitrogens with one attached hydrogen (secondary N) is 1. The van der Waals surface area contributed by atoms with E-state index in [0.29, 0.717) is 12.8 Å². The van der Waals surface area contributed by atoms with Gasteiger partial charge in [-0.15, -0.1) is 0 Å². The molecular formula is C14H13Cl2F4NO. The molecule has 2 atom stereocenters. The fourth-order valence-corrected chi connectivity index (χ4v) is 3.11. The zero-order chi connectivity index (χ0) is 16.5. The summed E-state index contributed by atoms with van der Waals surface area (Å²) in [4.78, 5) is 12.1. The minimum absolute atomic E-state index is 0.0306. The molecule has 0 aliphatic heterocycles. The molecule has 1 aromatic rings. The van der Waals surface area contributed by atoms with Gasteiger partial charge in [-0.3, -0.25) is 4.79 Å². The third-order valence-electron chi connectivity index (χ3n) is 3.76. The summed E-state index contributed by atoms with van der Waals surface area (Å²) in [5.41, 5.74) is -0.227. The van der Waals surface area contributed by atoms with Crippen LogP contribution in [-0.4, -0.2) is 18.1 Å². The summed E-state index contributed by atoms with van der Waals surface area (Å²) in [6.45, 7) is 0. The van der Waals surface area contributed by atoms with Crippen LogP contribution in [0.3, 0.4) is 0 Å². The zero-order valence-electron chi connectivity index (χ0n) is 11.3. The lowest BCUT2D eigenvalue weighted by Crippen LogP contribution is -2.47. The number of hydrogen-bond donors (Lipinski definition) is 1. The van der Waals surface area contributed by atoms with Gasteiger partial charge in [-0.25, -0.2) is 4.39 Å². The lowest BCUT2D eigenvalue weighted by atomic mass is 9.84. The Kier molecular flexibility index (Phi) is 5.22. The first-order valence-corrected chi connectivity index (χ1v) is 7.48. The van der Waals surface area contributed by atoms with Crippen molar-refractivity contribution in [2.75, 3.05) is 0 Å². The third-order valence-corrected chi connectivity index (χ3v) is 4.36. The van der Waals surface area contributed by atoms with E-state index in [-0.39, 0.29) is 28.5 Å². The Morgan fingerprint density at radius 2 is 1.77 bits per heavy atom. The topological polar surface area (TPSA) is 29.1 Å². The average Bonchev–Trinajstić information content (AvgIpc) is 2.42. The van der Waals surface area contributed by atoms with E-state index in [1.54, 1.807) is 0 Å². The summed E-state index contributed by atoms with van der Waals surface area (Å²) in [5.74, 6) is -3.28. The van der Waals surface area contributed by atoms with Crippen molar-refractivity contribution in [2.45, 2.75) is 37.9 Å². The molecule has 0 spiro atoms. The second-order valence-corrected chi connectivity index (χ2v) is 6.07. The maximum atomic E-state index is 13.4. The summed E-state index contributed by atoms with van der Waals surface area (Å²) >= 11 is 11.3. The largest absolute Gasteiger partial charge is 0.393 e. The Balaban J connectivity index is 2.18. The molecule has 1 amide bonds. The second-order valence-electron chi connectivity index (χ2n) is 5.26. The van der Waals surface area contributed by atoms with Crippen LogP contribution in [0.4, 0.5) is 17.6 Å². The summed E-state index contributed by atoms with van der Waals surface area (Å²) in [6.07, 6.45) is -3.12. The van der Waals surface area contributed by atoms with Gasteiger partial charge in [-0.05, 0) is 25.0 Å². The molecule has 0 radical (unpaired) electrons. The van der Waals surface area contributed by atoms with Crippen LogP contribution in [0.15, 0.2) is 12.1 Å². The maximum absolute atomic E-state index is 13.4. The normalized spacial score (nSPS) is 22.5. The molecule has 0 heterocycles. The van der Waals surface area contributed by atoms with Gasteiger partial charge in [0.1, 0.15) is 5.82 Å². The molecule has 0 unspecified atom stereocenters. The molecule has 122 valence electrons. The molecule has 0 bridgehead atoms. The fourth-order valence-electron chi connectivity index (χ4n) is 2.64. The van der Waals surface area contributed by atoms with Crippen molar-refractivity contribution >= 4 is 29.1 Å². The van der Waals surface area contributed by atoms with E-state index < -0.39 is 29.9 Å². The molecule has 1 aromatic carbocycles. The average molecular weight is 358 g/mol. The lowest BCUT2D eigenvalue weighted by Gasteiger charge is -2.33. The van der Waals surface area contributed by atoms with Crippen LogP contribution in [0.25, 0.3) is 0 Å². The molecule has 1 saturated carbocycles. The number of hydrogen-bond acceptors (Lipinski definition) is 1. The molecule has 22 heavy (non-hydrogen) atoms. The standard InChI is InChI=1S/C14H13Cl2F4NO/c15-9-6-10(16)11(17)5-7(9)13(22)21-12-4-2-1-3-8(12)14(18,19)20/h5-6,8,12H,1-4H2,(H,21,22)/t8-,12+/m1/s1. The number of rotatable bonds is 2. The van der Waals surface area contributed by atoms with Gasteiger partial charge in [-0.2, -0.15) is 13.2 Å². The fraction of sp³-hybridized carbons (Fsp3) is 0.500. The van der Waals surface area contributed by atoms with Crippen LogP contribution in [0.5, 0.6) is 0 Å². The Morgan fingerprint density at radius 1 is 1.14 bits per heavy atom. The van der Waals surface area contributed by atoms with Gasteiger partial charge in [-0.1, -0.05) is 36.0 Å². The van der Waals surface area contributed by atoms with E-state index in [1.165, 1.54) is 0 Å². The van der Waals surface area contributed by atoms with Crippen molar-refractivity contribution < 1.29 is 22.4 Å². The Morgan fingerprint density at radius 3 is 2.41 bits per heavy atom. The van der Waals surface area contributed by atoms with Crippen LogP contribution in [0, 0.1) is 11.7 Å². The summed E-state index contributed by atoms with van der Waals surface area (Å²) < 4.78 is 52.4. The molecule has 8 heteroatoms. The van der Waals surface area contributed by atoms with Gasteiger partial charge >= 0.3 is 6.18 Å². The van der Waals surface area contributed by atoms with Crippen molar-refractivity contribution in [1.82, 2.24) is 5.32 Å². The molecule has 0 aromatic heterocycles. The first-order valence-electron chi connectivity index (χ1n) is 6.72. The van der Waals surface area contributed by atoms with Crippen LogP contribution >= 0.6 is 23.2 Å². The van der Waals surface area contributed by atoms with Crippen molar-refractivity contribution in [1.29, 1.82) is 0 Å². The summed E-state index contributed by atoms with van der Waals surface area (Å²) in [7, 11) is 0. The van der Waals surface area contributed by atoms with Gasteiger partial charge in [0, 0.05) is 6.04 Å². The molecule has 1 N–H and O–H groups in total. The minimum Gasteiger partial charge on any atom is -0.349 e. The Hall–Kier alpha value is -1.01. The molecule has 0 saturated heterocycles. The van der Waals surface area contributed by atoms with Gasteiger partial charge in [0.2, 0.25) is 0 Å². The SMILES string of the molecule is O=C(N[C@H]1CCCC[C@H]1C(F)(F)F)c1cc(F)c(Cl)cc1Cl. The van der Waals surface area contributed by atoms with Gasteiger partial charge < -0.3 is 5.32 Å². The summed E-state index contributed by atoms with van der Waals surface area (Å²) in [6, 6.07) is 0.844. The molecular weight excluding hydrogens is 345 g/mol. The first-order chi connectivity index (χ1) is 10.2. The van der Waals surface area contributed by atoms with Gasteiger partial charge in [0.05, 0.1) is 21.5 Å². The maximum Gasteiger partial charge on any atom is 0.393 e. The van der Waals surface area contributed by atoms with Crippen LogP contribution in [0.2, 0.25) is 10.0 Å². The Labute approximate surface area is 134 Å². The van der Waals surface area contributed by atoms with E-state index >= 15 is 0 Å². The number of alkyl halides is 3. The van der Waals surface area contributed by atoms with Crippen LogP contribution in [-0.2, 0) is 0 Å². The molecule has 1 aliphatic rings. The van der Waals surface area contributed by atoms with E-state index in [0.717, 1.165) is 12.1 Å². The lowest BCUT2D eigenvalue weighted by molar-refractivity contribution is -0.187. The number of halogens is 6. The summed E-state index contributed by atoms with van der Waals surface area (Å²) in [5, 5.41) is 1.96. The molecule has 2 nitrogen and oxygen atoms in total. The first kappa shape index (κ1) is 17.3. The predicted octanol–water partition coefficient (Wildman–Crippen LogP) is 4.98. The number of benzene rings is 1. The van der Waals surface area contributed by atoms with Gasteiger partial charge in [0.15, 0.2) is 0 Å². The van der Waals surface area contributed by atoms with E-state index in [2.05, 4.69) is 5.32 Å². The minimum atomic E-state index is -4.38. The van der Waals surface area contributed by atoms with E-state index in [1.807, 2.05) is 0 Å². The van der Waals surface area contributed by atoms with Crippen molar-refractivity contribution in [3.63, 3.8) is 0 Å². The van der Waals surface area contributed by atoms with E-state index in [9.17, 15) is 22.4 Å². The predicted molar refractivity (Wildman–Crippen MR) is 75.7 cm³/mol. The van der Waals surface area contributed by atoms with Crippen LogP contribution in [0.1, 0.15) is 36.0 Å². The number of carbonyl (C=O) groups excluding carboxylic acids is 1. The Bertz CT molecular complexity index is 577. The molecule has 2 rings (SSSR count). The van der Waals surface area contributed by atoms with Crippen molar-refractivity contribution in [2.24, 2.45) is 5.92 Å². The number of amides is 1. The highest BCUT2D eigenvalue weighted by atomic mass is 35.5. The highest BCUT2D eigenvalue weighted by Gasteiger charge is 2.46. The highest BCUT2D eigenvalue weighted by molar-refractivity contribution is 6.36.